The van der Waals surface area contributed by atoms with Gasteiger partial charge >= 0.3 is 0 Å². The van der Waals surface area contributed by atoms with Gasteiger partial charge in [-0.25, -0.2) is 4.98 Å². The van der Waals surface area contributed by atoms with E-state index in [-0.39, 0.29) is 11.5 Å². The lowest BCUT2D eigenvalue weighted by Gasteiger charge is -2.52. The van der Waals surface area contributed by atoms with E-state index in [1.807, 2.05) is 11.6 Å². The summed E-state index contributed by atoms with van der Waals surface area (Å²) in [6.07, 6.45) is 8.48. The van der Waals surface area contributed by atoms with Crippen molar-refractivity contribution in [2.24, 2.45) is 17.3 Å². The lowest BCUT2D eigenvalue weighted by atomic mass is 9.53. The third-order valence-corrected chi connectivity index (χ3v) is 9.31. The summed E-state index contributed by atoms with van der Waals surface area (Å²) in [6, 6.07) is 8.96. The van der Waals surface area contributed by atoms with Gasteiger partial charge in [0.2, 0.25) is 0 Å². The first kappa shape index (κ1) is 19.6. The van der Waals surface area contributed by atoms with Gasteiger partial charge in [0.05, 0.1) is 17.3 Å². The summed E-state index contributed by atoms with van der Waals surface area (Å²) < 4.78 is 0. The Bertz CT molecular complexity index is 1080. The maximum Gasteiger partial charge on any atom is 0.156 e. The van der Waals surface area contributed by atoms with Gasteiger partial charge in [-0.15, -0.1) is 11.3 Å². The number of aliphatic hydroxyl groups is 1. The number of benzene rings is 1. The number of rotatable bonds is 2. The Labute approximate surface area is 187 Å². The molecule has 1 aromatic carbocycles. The van der Waals surface area contributed by atoms with Crippen LogP contribution in [0, 0.1) is 17.3 Å². The van der Waals surface area contributed by atoms with Crippen LogP contribution in [-0.4, -0.2) is 22.0 Å². The maximum absolute atomic E-state index is 12.1. The van der Waals surface area contributed by atoms with Crippen molar-refractivity contribution in [3.05, 3.63) is 63.5 Å². The van der Waals surface area contributed by atoms with E-state index in [0.717, 1.165) is 49.8 Å². The third kappa shape index (κ3) is 3.02. The number of carbonyl (C=O) groups excluding carboxylic acids is 1. The molecule has 5 atom stereocenters. The van der Waals surface area contributed by atoms with Gasteiger partial charge in [0.15, 0.2) is 5.78 Å². The smallest absolute Gasteiger partial charge is 0.156 e. The van der Waals surface area contributed by atoms with Crippen molar-refractivity contribution in [2.45, 2.75) is 63.9 Å². The van der Waals surface area contributed by atoms with E-state index in [4.69, 9.17) is 0 Å². The topological polar surface area (TPSA) is 50.2 Å². The minimum atomic E-state index is -0.203. The molecule has 4 aliphatic rings. The Morgan fingerprint density at radius 1 is 1.10 bits per heavy atom. The van der Waals surface area contributed by atoms with Crippen LogP contribution in [0.3, 0.4) is 0 Å². The van der Waals surface area contributed by atoms with Crippen LogP contribution in [0.2, 0.25) is 0 Å². The number of nitrogens with zero attached hydrogens (tertiary/aromatic N) is 1. The second-order valence-electron chi connectivity index (χ2n) is 10.2. The van der Waals surface area contributed by atoms with E-state index in [9.17, 15) is 9.90 Å². The molecule has 0 bridgehead atoms. The molecule has 2 saturated carbocycles. The SMILES string of the molecule is CC12CC(c3ccc(-c4cscn4)cc3)C3=C4CCC(=O)C=C4CCC3C1CCC2O. The highest BCUT2D eigenvalue weighted by Gasteiger charge is 2.56. The summed E-state index contributed by atoms with van der Waals surface area (Å²) in [6.45, 7) is 2.34. The van der Waals surface area contributed by atoms with Crippen LogP contribution in [-0.2, 0) is 4.79 Å². The van der Waals surface area contributed by atoms with Crippen LogP contribution in [0.25, 0.3) is 11.3 Å². The number of carbonyl (C=O) groups is 1. The zero-order valence-electron chi connectivity index (χ0n) is 18.0. The Morgan fingerprint density at radius 2 is 1.94 bits per heavy atom. The van der Waals surface area contributed by atoms with E-state index >= 15 is 0 Å². The van der Waals surface area contributed by atoms with E-state index in [0.29, 0.717) is 30.0 Å². The second kappa shape index (κ2) is 7.25. The Hall–Kier alpha value is -2.04. The van der Waals surface area contributed by atoms with Gasteiger partial charge in [-0.05, 0) is 78.6 Å². The summed E-state index contributed by atoms with van der Waals surface area (Å²) in [5.74, 6) is 1.73. The van der Waals surface area contributed by atoms with Crippen LogP contribution in [0.1, 0.15) is 63.4 Å². The molecule has 0 amide bonds. The van der Waals surface area contributed by atoms with Gasteiger partial charge in [-0.2, -0.15) is 0 Å². The number of hydrogen-bond donors (Lipinski definition) is 1. The fraction of sp³-hybridized carbons (Fsp3) is 0.481. The largest absolute Gasteiger partial charge is 0.393 e. The molecule has 160 valence electrons. The van der Waals surface area contributed by atoms with Crippen molar-refractivity contribution in [1.82, 2.24) is 4.98 Å². The average Bonchev–Trinajstić information content (AvgIpc) is 3.42. The highest BCUT2D eigenvalue weighted by molar-refractivity contribution is 7.07. The van der Waals surface area contributed by atoms with Crippen LogP contribution in [0.5, 0.6) is 0 Å². The molecule has 0 saturated heterocycles. The Kier molecular flexibility index (Phi) is 4.59. The predicted molar refractivity (Wildman–Crippen MR) is 124 cm³/mol. The number of aliphatic hydroxyl groups excluding tert-OH is 1. The van der Waals surface area contributed by atoms with Crippen molar-refractivity contribution in [2.75, 3.05) is 0 Å². The van der Waals surface area contributed by atoms with Gasteiger partial charge < -0.3 is 5.11 Å². The van der Waals surface area contributed by atoms with Crippen LogP contribution >= 0.6 is 11.3 Å². The molecule has 1 aromatic heterocycles. The summed E-state index contributed by atoms with van der Waals surface area (Å²) in [5, 5.41) is 13.1. The van der Waals surface area contributed by atoms with Crippen molar-refractivity contribution in [1.29, 1.82) is 0 Å². The van der Waals surface area contributed by atoms with Gasteiger partial charge in [-0.1, -0.05) is 36.8 Å². The fourth-order valence-electron chi connectivity index (χ4n) is 7.17. The molecule has 3 nitrogen and oxygen atoms in total. The number of thiazole rings is 1. The second-order valence-corrected chi connectivity index (χ2v) is 10.9. The molecule has 1 heterocycles. The van der Waals surface area contributed by atoms with Crippen LogP contribution < -0.4 is 0 Å². The molecule has 31 heavy (non-hydrogen) atoms. The molecule has 6 rings (SSSR count). The molecule has 2 fully saturated rings. The number of ketones is 1. The maximum atomic E-state index is 12.1. The van der Waals surface area contributed by atoms with Gasteiger partial charge in [0.1, 0.15) is 0 Å². The average molecular weight is 432 g/mol. The predicted octanol–water partition coefficient (Wildman–Crippen LogP) is 6.07. The quantitative estimate of drug-likeness (QED) is 0.628. The molecule has 4 aliphatic carbocycles. The van der Waals surface area contributed by atoms with Crippen molar-refractivity contribution in [3.8, 4) is 11.3 Å². The fourth-order valence-corrected chi connectivity index (χ4v) is 7.73. The molecule has 0 aliphatic heterocycles. The molecule has 5 unspecified atom stereocenters. The first-order valence-corrected chi connectivity index (χ1v) is 12.6. The highest BCUT2D eigenvalue weighted by Crippen LogP contribution is 2.63. The van der Waals surface area contributed by atoms with Crippen molar-refractivity contribution < 1.29 is 9.90 Å². The van der Waals surface area contributed by atoms with E-state index < -0.39 is 0 Å². The summed E-state index contributed by atoms with van der Waals surface area (Å²) in [7, 11) is 0. The standard InChI is InChI=1S/C27H29NO2S/c1-27-13-22(16-2-4-17(5-3-16)24-14-31-15-28-24)26-20-9-7-19(29)12-18(20)6-8-21(26)23(27)10-11-25(27)30/h2-5,12,14-15,21-23,25,30H,6-11,13H2,1H3. The molecule has 4 heteroatoms. The van der Waals surface area contributed by atoms with Crippen LogP contribution in [0.15, 0.2) is 58.0 Å². The minimum Gasteiger partial charge on any atom is -0.393 e. The molecular weight excluding hydrogens is 402 g/mol. The van der Waals surface area contributed by atoms with E-state index in [2.05, 4.69) is 41.6 Å². The van der Waals surface area contributed by atoms with E-state index in [1.165, 1.54) is 16.7 Å². The van der Waals surface area contributed by atoms with E-state index in [1.54, 1.807) is 16.9 Å². The zero-order valence-corrected chi connectivity index (χ0v) is 18.8. The minimum absolute atomic E-state index is 0.0152. The lowest BCUT2D eigenvalue weighted by Crippen LogP contribution is -2.45. The number of hydrogen-bond acceptors (Lipinski definition) is 4. The number of aromatic nitrogens is 1. The zero-order chi connectivity index (χ0) is 21.2. The highest BCUT2D eigenvalue weighted by atomic mass is 32.1. The Morgan fingerprint density at radius 3 is 2.71 bits per heavy atom. The molecule has 0 spiro atoms. The van der Waals surface area contributed by atoms with Crippen molar-refractivity contribution in [3.63, 3.8) is 0 Å². The van der Waals surface area contributed by atoms with Gasteiger partial charge in [-0.3, -0.25) is 4.79 Å². The number of fused-ring (bicyclic) bond motifs is 4. The normalized spacial score (nSPS) is 34.8. The number of allylic oxidation sites excluding steroid dienone is 4. The van der Waals surface area contributed by atoms with Gasteiger partial charge in [0.25, 0.3) is 0 Å². The molecular formula is C27H29NO2S. The van der Waals surface area contributed by atoms with Gasteiger partial charge in [0, 0.05) is 23.3 Å². The van der Waals surface area contributed by atoms with Crippen molar-refractivity contribution >= 4 is 17.1 Å². The molecule has 1 N–H and O–H groups in total. The molecule has 0 radical (unpaired) electrons. The first-order chi connectivity index (χ1) is 15.0. The molecule has 2 aromatic rings. The van der Waals surface area contributed by atoms with Crippen LogP contribution in [0.4, 0.5) is 0 Å². The first-order valence-electron chi connectivity index (χ1n) is 11.7. The monoisotopic (exact) mass is 431 g/mol. The Balaban J connectivity index is 1.47. The third-order valence-electron chi connectivity index (χ3n) is 8.72. The summed E-state index contributed by atoms with van der Waals surface area (Å²) in [4.78, 5) is 16.6. The lowest BCUT2D eigenvalue weighted by molar-refractivity contribution is -0.114. The summed E-state index contributed by atoms with van der Waals surface area (Å²) >= 11 is 1.62. The summed E-state index contributed by atoms with van der Waals surface area (Å²) in [5.41, 5.74) is 9.79.